The van der Waals surface area contributed by atoms with Crippen molar-refractivity contribution < 1.29 is 4.79 Å². The molecule has 1 aromatic rings. The Hall–Kier alpha value is -1.03. The summed E-state index contributed by atoms with van der Waals surface area (Å²) in [7, 11) is 0. The fourth-order valence-electron chi connectivity index (χ4n) is 2.91. The van der Waals surface area contributed by atoms with Gasteiger partial charge in [0.2, 0.25) is 0 Å². The van der Waals surface area contributed by atoms with Crippen molar-refractivity contribution in [3.8, 4) is 0 Å². The third-order valence-corrected chi connectivity index (χ3v) is 4.77. The third-order valence-electron chi connectivity index (χ3n) is 4.08. The number of carbonyl (C=O) groups is 1. The van der Waals surface area contributed by atoms with Crippen LogP contribution in [0.2, 0.25) is 0 Å². The van der Waals surface area contributed by atoms with Crippen LogP contribution in [0.15, 0.2) is 22.7 Å². The normalized spacial score (nSPS) is 19.7. The monoisotopic (exact) mass is 338 g/mol. The van der Waals surface area contributed by atoms with Gasteiger partial charge in [-0.25, -0.2) is 0 Å². The van der Waals surface area contributed by atoms with Crippen molar-refractivity contribution in [3.05, 3.63) is 28.2 Å². The molecule has 0 saturated carbocycles. The number of amides is 1. The Kier molecular flexibility index (Phi) is 5.46. The van der Waals surface area contributed by atoms with Gasteiger partial charge in [-0.05, 0) is 59.3 Å². The number of nitrogens with zero attached hydrogens (tertiary/aromatic N) is 1. The second kappa shape index (κ2) is 7.11. The van der Waals surface area contributed by atoms with Crippen LogP contribution in [0.1, 0.15) is 49.4 Å². The minimum atomic E-state index is 0.128. The van der Waals surface area contributed by atoms with E-state index in [0.717, 1.165) is 41.9 Å². The zero-order valence-electron chi connectivity index (χ0n) is 12.1. The number of halogens is 1. The molecule has 1 fully saturated rings. The number of benzene rings is 1. The molecule has 0 bridgehead atoms. The number of hydrogen-bond donors (Lipinski definition) is 1. The molecule has 1 heterocycles. The largest absolute Gasteiger partial charge is 0.398 e. The number of anilines is 1. The van der Waals surface area contributed by atoms with E-state index in [4.69, 9.17) is 5.73 Å². The molecule has 110 valence electrons. The van der Waals surface area contributed by atoms with Crippen molar-refractivity contribution in [2.45, 2.75) is 39.0 Å². The first-order valence-corrected chi connectivity index (χ1v) is 8.25. The van der Waals surface area contributed by atoms with Crippen LogP contribution < -0.4 is 5.73 Å². The summed E-state index contributed by atoms with van der Waals surface area (Å²) in [5, 5.41) is 0. The molecule has 3 nitrogen and oxygen atoms in total. The second-order valence-corrected chi connectivity index (χ2v) is 6.47. The van der Waals surface area contributed by atoms with Gasteiger partial charge in [-0.15, -0.1) is 0 Å². The van der Waals surface area contributed by atoms with Crippen LogP contribution in [-0.2, 0) is 0 Å². The molecule has 1 aliphatic rings. The lowest BCUT2D eigenvalue weighted by molar-refractivity contribution is 0.0760. The number of nitrogen functional groups attached to an aromatic ring is 1. The summed E-state index contributed by atoms with van der Waals surface area (Å²) in [6, 6.07) is 5.43. The number of hydrogen-bond acceptors (Lipinski definition) is 2. The Balaban J connectivity index is 2.03. The van der Waals surface area contributed by atoms with E-state index in [-0.39, 0.29) is 5.91 Å². The highest BCUT2D eigenvalue weighted by Crippen LogP contribution is 2.25. The maximum Gasteiger partial charge on any atom is 0.253 e. The van der Waals surface area contributed by atoms with Crippen molar-refractivity contribution in [1.82, 2.24) is 4.90 Å². The molecular weight excluding hydrogens is 316 g/mol. The summed E-state index contributed by atoms with van der Waals surface area (Å²) < 4.78 is 0.794. The van der Waals surface area contributed by atoms with E-state index in [1.165, 1.54) is 19.3 Å². The highest BCUT2D eigenvalue weighted by Gasteiger charge is 2.21. The van der Waals surface area contributed by atoms with E-state index in [0.29, 0.717) is 5.69 Å². The number of nitrogens with two attached hydrogens (primary N) is 1. The summed E-state index contributed by atoms with van der Waals surface area (Å²) in [6.45, 7) is 3.99. The van der Waals surface area contributed by atoms with Crippen LogP contribution in [0.4, 0.5) is 5.69 Å². The van der Waals surface area contributed by atoms with E-state index in [2.05, 4.69) is 22.9 Å². The topological polar surface area (TPSA) is 46.3 Å². The van der Waals surface area contributed by atoms with Crippen molar-refractivity contribution in [3.63, 3.8) is 0 Å². The average Bonchev–Trinajstić information content (AvgIpc) is 2.67. The Bertz CT molecular complexity index is 476. The molecule has 2 rings (SSSR count). The summed E-state index contributed by atoms with van der Waals surface area (Å²) in [4.78, 5) is 14.5. The smallest absolute Gasteiger partial charge is 0.253 e. The molecule has 0 aromatic heterocycles. The quantitative estimate of drug-likeness (QED) is 0.844. The molecule has 1 unspecified atom stereocenters. The van der Waals surface area contributed by atoms with Crippen LogP contribution in [0.3, 0.4) is 0 Å². The lowest BCUT2D eigenvalue weighted by Gasteiger charge is -2.21. The van der Waals surface area contributed by atoms with Gasteiger partial charge >= 0.3 is 0 Å². The standard InChI is InChI=1S/C16H23BrN2O/c1-2-4-12-5-3-9-19(10-8-12)16(20)13-6-7-15(18)14(17)11-13/h6-7,11-12H,2-5,8-10,18H2,1H3. The molecule has 1 saturated heterocycles. The molecule has 2 N–H and O–H groups in total. The number of carbonyl (C=O) groups excluding carboxylic acids is 1. The first kappa shape index (κ1) is 15.4. The summed E-state index contributed by atoms with van der Waals surface area (Å²) >= 11 is 3.39. The molecule has 20 heavy (non-hydrogen) atoms. The summed E-state index contributed by atoms with van der Waals surface area (Å²) in [5.74, 6) is 0.916. The molecule has 1 aromatic carbocycles. The Morgan fingerprint density at radius 2 is 2.20 bits per heavy atom. The SMILES string of the molecule is CCCC1CCCN(C(=O)c2ccc(N)c(Br)c2)CC1. The summed E-state index contributed by atoms with van der Waals surface area (Å²) in [5.41, 5.74) is 7.16. The molecule has 4 heteroatoms. The average molecular weight is 339 g/mol. The first-order valence-electron chi connectivity index (χ1n) is 7.46. The van der Waals surface area contributed by atoms with E-state index in [1.54, 1.807) is 6.07 Å². The lowest BCUT2D eigenvalue weighted by Crippen LogP contribution is -2.32. The molecule has 1 atom stereocenters. The van der Waals surface area contributed by atoms with E-state index >= 15 is 0 Å². The minimum absolute atomic E-state index is 0.128. The number of rotatable bonds is 3. The predicted molar refractivity (Wildman–Crippen MR) is 86.7 cm³/mol. The van der Waals surface area contributed by atoms with Gasteiger partial charge in [0.15, 0.2) is 0 Å². The third kappa shape index (κ3) is 3.75. The van der Waals surface area contributed by atoms with Gasteiger partial charge in [0.25, 0.3) is 5.91 Å². The van der Waals surface area contributed by atoms with Gasteiger partial charge in [-0.3, -0.25) is 4.79 Å². The van der Waals surface area contributed by atoms with Crippen molar-refractivity contribution in [2.24, 2.45) is 5.92 Å². The van der Waals surface area contributed by atoms with Crippen LogP contribution in [0.5, 0.6) is 0 Å². The van der Waals surface area contributed by atoms with Gasteiger partial charge in [0.1, 0.15) is 0 Å². The van der Waals surface area contributed by atoms with Crippen molar-refractivity contribution in [2.75, 3.05) is 18.8 Å². The molecule has 1 aliphatic heterocycles. The van der Waals surface area contributed by atoms with Crippen molar-refractivity contribution in [1.29, 1.82) is 0 Å². The molecule has 0 aliphatic carbocycles. The minimum Gasteiger partial charge on any atom is -0.398 e. The highest BCUT2D eigenvalue weighted by atomic mass is 79.9. The predicted octanol–water partition coefficient (Wildman–Crippen LogP) is 4.07. The Morgan fingerprint density at radius 1 is 1.40 bits per heavy atom. The maximum absolute atomic E-state index is 12.5. The second-order valence-electron chi connectivity index (χ2n) is 5.61. The zero-order valence-corrected chi connectivity index (χ0v) is 13.7. The molecular formula is C16H23BrN2O. The maximum atomic E-state index is 12.5. The van der Waals surface area contributed by atoms with Crippen LogP contribution >= 0.6 is 15.9 Å². The Morgan fingerprint density at radius 3 is 2.90 bits per heavy atom. The van der Waals surface area contributed by atoms with Gasteiger partial charge in [-0.2, -0.15) is 0 Å². The van der Waals surface area contributed by atoms with Crippen molar-refractivity contribution >= 4 is 27.5 Å². The van der Waals surface area contributed by atoms with E-state index < -0.39 is 0 Å². The Labute approximate surface area is 129 Å². The van der Waals surface area contributed by atoms with Gasteiger partial charge < -0.3 is 10.6 Å². The van der Waals surface area contributed by atoms with Gasteiger partial charge in [0, 0.05) is 28.8 Å². The molecule has 1 amide bonds. The summed E-state index contributed by atoms with van der Waals surface area (Å²) in [6.07, 6.45) is 6.03. The van der Waals surface area contributed by atoms with E-state index in [1.807, 2.05) is 17.0 Å². The lowest BCUT2D eigenvalue weighted by atomic mass is 9.96. The van der Waals surface area contributed by atoms with E-state index in [9.17, 15) is 4.79 Å². The fraction of sp³-hybridized carbons (Fsp3) is 0.562. The number of likely N-dealkylation sites (tertiary alicyclic amines) is 1. The first-order chi connectivity index (χ1) is 9.61. The van der Waals surface area contributed by atoms with Crippen LogP contribution in [0.25, 0.3) is 0 Å². The zero-order chi connectivity index (χ0) is 14.5. The fourth-order valence-corrected chi connectivity index (χ4v) is 3.29. The van der Waals surface area contributed by atoms with Crippen LogP contribution in [0, 0.1) is 5.92 Å². The van der Waals surface area contributed by atoms with Gasteiger partial charge in [0.05, 0.1) is 0 Å². The van der Waals surface area contributed by atoms with Gasteiger partial charge in [-0.1, -0.05) is 19.8 Å². The highest BCUT2D eigenvalue weighted by molar-refractivity contribution is 9.10. The van der Waals surface area contributed by atoms with Crippen LogP contribution in [-0.4, -0.2) is 23.9 Å². The molecule has 0 spiro atoms. The molecule has 0 radical (unpaired) electrons.